The van der Waals surface area contributed by atoms with E-state index in [2.05, 4.69) is 24.5 Å². The molecule has 0 unspecified atom stereocenters. The van der Waals surface area contributed by atoms with E-state index in [9.17, 15) is 4.79 Å². The Morgan fingerprint density at radius 2 is 1.69 bits per heavy atom. The highest BCUT2D eigenvalue weighted by Crippen LogP contribution is 2.31. The first kappa shape index (κ1) is 22.4. The maximum absolute atomic E-state index is 12.5. The van der Waals surface area contributed by atoms with Gasteiger partial charge >= 0.3 is 6.03 Å². The number of para-hydroxylation sites is 1. The van der Waals surface area contributed by atoms with Crippen LogP contribution >= 0.6 is 0 Å². The molecular weight excluding hydrogens is 368 g/mol. The molecule has 0 bridgehead atoms. The molecule has 1 atom stereocenters. The summed E-state index contributed by atoms with van der Waals surface area (Å²) >= 11 is 0. The molecule has 6 heteroatoms. The van der Waals surface area contributed by atoms with Crippen LogP contribution in [0.4, 0.5) is 10.5 Å². The summed E-state index contributed by atoms with van der Waals surface area (Å²) in [7, 11) is 3.22. The second-order valence-electron chi connectivity index (χ2n) is 7.31. The van der Waals surface area contributed by atoms with E-state index in [1.807, 2.05) is 31.2 Å². The lowest BCUT2D eigenvalue weighted by molar-refractivity contribution is 0.249. The first-order valence-corrected chi connectivity index (χ1v) is 9.95. The van der Waals surface area contributed by atoms with Crippen molar-refractivity contribution < 1.29 is 19.0 Å². The number of methoxy groups -OCH3 is 2. The van der Waals surface area contributed by atoms with Gasteiger partial charge in [0.15, 0.2) is 11.5 Å². The molecule has 0 spiro atoms. The third-order valence-corrected chi connectivity index (χ3v) is 4.56. The summed E-state index contributed by atoms with van der Waals surface area (Å²) in [5, 5.41) is 5.78. The Hall–Kier alpha value is -2.89. The highest BCUT2D eigenvalue weighted by atomic mass is 16.5. The lowest BCUT2D eigenvalue weighted by Gasteiger charge is -2.18. The lowest BCUT2D eigenvalue weighted by Crippen LogP contribution is -2.31. The van der Waals surface area contributed by atoms with Gasteiger partial charge in [-0.05, 0) is 43.9 Å². The summed E-state index contributed by atoms with van der Waals surface area (Å²) < 4.78 is 16.6. The van der Waals surface area contributed by atoms with Crippen molar-refractivity contribution in [2.45, 2.75) is 39.7 Å². The smallest absolute Gasteiger partial charge is 0.319 e. The van der Waals surface area contributed by atoms with E-state index in [0.29, 0.717) is 29.7 Å². The van der Waals surface area contributed by atoms with Crippen LogP contribution in [-0.4, -0.2) is 26.9 Å². The van der Waals surface area contributed by atoms with Crippen LogP contribution < -0.4 is 24.8 Å². The highest BCUT2D eigenvalue weighted by Gasteiger charge is 2.14. The summed E-state index contributed by atoms with van der Waals surface area (Å²) in [5.41, 5.74) is 1.54. The topological polar surface area (TPSA) is 68.8 Å². The third-order valence-electron chi connectivity index (χ3n) is 4.56. The number of carbonyl (C=O) groups excluding carboxylic acids is 1. The largest absolute Gasteiger partial charge is 0.496 e. The molecule has 2 amide bonds. The molecule has 0 radical (unpaired) electrons. The van der Waals surface area contributed by atoms with Crippen molar-refractivity contribution in [3.8, 4) is 17.2 Å². The number of amides is 2. The van der Waals surface area contributed by atoms with E-state index < -0.39 is 0 Å². The molecule has 29 heavy (non-hydrogen) atoms. The summed E-state index contributed by atoms with van der Waals surface area (Å²) in [6, 6.07) is 12.5. The fourth-order valence-corrected chi connectivity index (χ4v) is 3.01. The molecule has 6 nitrogen and oxygen atoms in total. The number of urea groups is 1. The number of nitrogens with one attached hydrogen (secondary N) is 2. The minimum atomic E-state index is -0.306. The zero-order valence-corrected chi connectivity index (χ0v) is 18.0. The standard InChI is InChI=1S/C23H32N2O4/c1-16(2)9-8-14-29-22-15-18(12-13-21(22)28-5)25-23(26)24-17(3)19-10-6-7-11-20(19)27-4/h6-7,10-13,15-17H,8-9,14H2,1-5H3,(H2,24,25,26)/t17-/m0/s1. The molecule has 0 aliphatic heterocycles. The van der Waals surface area contributed by atoms with Crippen molar-refractivity contribution in [1.29, 1.82) is 0 Å². The summed E-state index contributed by atoms with van der Waals surface area (Å²) in [6.45, 7) is 6.90. The number of hydrogen-bond acceptors (Lipinski definition) is 4. The molecule has 0 aliphatic carbocycles. The third kappa shape index (κ3) is 6.89. The van der Waals surface area contributed by atoms with Crippen molar-refractivity contribution >= 4 is 11.7 Å². The number of anilines is 1. The van der Waals surface area contributed by atoms with Crippen LogP contribution in [0, 0.1) is 5.92 Å². The van der Waals surface area contributed by atoms with Crippen LogP contribution in [0.15, 0.2) is 42.5 Å². The van der Waals surface area contributed by atoms with Gasteiger partial charge < -0.3 is 24.8 Å². The Balaban J connectivity index is 1.99. The van der Waals surface area contributed by atoms with Crippen LogP contribution in [-0.2, 0) is 0 Å². The van der Waals surface area contributed by atoms with E-state index in [0.717, 1.165) is 24.2 Å². The van der Waals surface area contributed by atoms with Crippen LogP contribution in [0.3, 0.4) is 0 Å². The minimum absolute atomic E-state index is 0.212. The van der Waals surface area contributed by atoms with Crippen molar-refractivity contribution in [2.75, 3.05) is 26.1 Å². The molecule has 2 rings (SSSR count). The Morgan fingerprint density at radius 3 is 2.38 bits per heavy atom. The maximum atomic E-state index is 12.5. The van der Waals surface area contributed by atoms with Gasteiger partial charge in [0, 0.05) is 17.3 Å². The van der Waals surface area contributed by atoms with E-state index in [1.54, 1.807) is 32.4 Å². The molecule has 0 saturated heterocycles. The van der Waals surface area contributed by atoms with Crippen molar-refractivity contribution in [3.63, 3.8) is 0 Å². The molecule has 0 heterocycles. The average molecular weight is 401 g/mol. The Kier molecular flexibility index (Phi) is 8.65. The molecule has 2 N–H and O–H groups in total. The van der Waals surface area contributed by atoms with Gasteiger partial charge in [-0.3, -0.25) is 0 Å². The Labute approximate surface area is 173 Å². The summed E-state index contributed by atoms with van der Waals surface area (Å²) in [4.78, 5) is 12.5. The van der Waals surface area contributed by atoms with Crippen molar-refractivity contribution in [1.82, 2.24) is 5.32 Å². The summed E-state index contributed by atoms with van der Waals surface area (Å²) in [6.07, 6.45) is 2.07. The van der Waals surface area contributed by atoms with Crippen LogP contribution in [0.5, 0.6) is 17.2 Å². The molecule has 158 valence electrons. The zero-order valence-electron chi connectivity index (χ0n) is 18.0. The van der Waals surface area contributed by atoms with Gasteiger partial charge in [-0.1, -0.05) is 32.0 Å². The maximum Gasteiger partial charge on any atom is 0.319 e. The van der Waals surface area contributed by atoms with Gasteiger partial charge in [0.05, 0.1) is 26.9 Å². The van der Waals surface area contributed by atoms with E-state index in [1.165, 1.54) is 0 Å². The van der Waals surface area contributed by atoms with Crippen LogP contribution in [0.25, 0.3) is 0 Å². The second kappa shape index (κ2) is 11.2. The molecule has 0 saturated carbocycles. The molecule has 2 aromatic carbocycles. The predicted octanol–water partition coefficient (Wildman–Crippen LogP) is 5.40. The fourth-order valence-electron chi connectivity index (χ4n) is 3.01. The highest BCUT2D eigenvalue weighted by molar-refractivity contribution is 5.90. The van der Waals surface area contributed by atoms with Gasteiger partial charge in [-0.2, -0.15) is 0 Å². The minimum Gasteiger partial charge on any atom is -0.496 e. The monoisotopic (exact) mass is 400 g/mol. The van der Waals surface area contributed by atoms with Crippen molar-refractivity contribution in [2.24, 2.45) is 5.92 Å². The van der Waals surface area contributed by atoms with Gasteiger partial charge in [0.25, 0.3) is 0 Å². The average Bonchev–Trinajstić information content (AvgIpc) is 2.71. The molecule has 2 aromatic rings. The normalized spacial score (nSPS) is 11.7. The molecular formula is C23H32N2O4. The van der Waals surface area contributed by atoms with E-state index in [4.69, 9.17) is 14.2 Å². The van der Waals surface area contributed by atoms with E-state index >= 15 is 0 Å². The van der Waals surface area contributed by atoms with Gasteiger partial charge in [0.1, 0.15) is 5.75 Å². The van der Waals surface area contributed by atoms with Gasteiger partial charge in [-0.25, -0.2) is 4.79 Å². The first-order chi connectivity index (χ1) is 13.9. The number of carbonyl (C=O) groups is 1. The van der Waals surface area contributed by atoms with Crippen LogP contribution in [0.1, 0.15) is 45.2 Å². The van der Waals surface area contributed by atoms with Gasteiger partial charge in [0.2, 0.25) is 0 Å². The Morgan fingerprint density at radius 1 is 0.966 bits per heavy atom. The second-order valence-corrected chi connectivity index (χ2v) is 7.31. The Bertz CT molecular complexity index is 792. The molecule has 0 aliphatic rings. The summed E-state index contributed by atoms with van der Waals surface area (Å²) in [5.74, 6) is 2.64. The number of ether oxygens (including phenoxy) is 3. The van der Waals surface area contributed by atoms with Crippen molar-refractivity contribution in [3.05, 3.63) is 48.0 Å². The van der Waals surface area contributed by atoms with E-state index in [-0.39, 0.29) is 12.1 Å². The fraction of sp³-hybridized carbons (Fsp3) is 0.435. The molecule has 0 aromatic heterocycles. The zero-order chi connectivity index (χ0) is 21.2. The van der Waals surface area contributed by atoms with Crippen LogP contribution in [0.2, 0.25) is 0 Å². The SMILES string of the molecule is COc1ccc(NC(=O)N[C@@H](C)c2ccccc2OC)cc1OCCCC(C)C. The van der Waals surface area contributed by atoms with Gasteiger partial charge in [-0.15, -0.1) is 0 Å². The number of rotatable bonds is 10. The first-order valence-electron chi connectivity index (χ1n) is 9.95. The quantitative estimate of drug-likeness (QED) is 0.524. The molecule has 0 fully saturated rings. The number of benzene rings is 2. The predicted molar refractivity (Wildman–Crippen MR) is 116 cm³/mol. The lowest BCUT2D eigenvalue weighted by atomic mass is 10.1. The number of hydrogen-bond donors (Lipinski definition) is 2.